The first-order valence-corrected chi connectivity index (χ1v) is 4.76. The number of hydrogen-bond donors (Lipinski definition) is 0. The largest absolute Gasteiger partial charge is 0.444 e. The summed E-state index contributed by atoms with van der Waals surface area (Å²) in [5, 5.41) is 7.45. The molecule has 2 aromatic rings. The topological polar surface area (TPSA) is 52.1 Å². The Morgan fingerprint density at radius 1 is 1.31 bits per heavy atom. The van der Waals surface area contributed by atoms with Gasteiger partial charge in [0.1, 0.15) is 5.88 Å². The van der Waals surface area contributed by atoms with Crippen molar-refractivity contribution >= 4 is 27.5 Å². The van der Waals surface area contributed by atoms with Crippen LogP contribution in [0.4, 0.5) is 0 Å². The van der Waals surface area contributed by atoms with E-state index in [4.69, 9.17) is 20.4 Å². The summed E-state index contributed by atoms with van der Waals surface area (Å²) in [6, 6.07) is 3.48. The van der Waals surface area contributed by atoms with Gasteiger partial charge in [0, 0.05) is 0 Å². The normalized spacial score (nSPS) is 10.6. The summed E-state index contributed by atoms with van der Waals surface area (Å²) in [7, 11) is 0. The minimum Gasteiger partial charge on any atom is -0.444 e. The first kappa shape index (κ1) is 8.77. The first-order chi connectivity index (χ1) is 6.29. The molecular weight excluding hydrogens is 259 g/mol. The van der Waals surface area contributed by atoms with Gasteiger partial charge < -0.3 is 8.83 Å². The molecule has 0 saturated heterocycles. The van der Waals surface area contributed by atoms with E-state index in [0.29, 0.717) is 22.2 Å². The predicted octanol–water partition coefficient (Wildman–Crippen LogP) is 2.83. The van der Waals surface area contributed by atoms with Crippen molar-refractivity contribution in [3.8, 4) is 11.7 Å². The quantitative estimate of drug-likeness (QED) is 0.782. The van der Waals surface area contributed by atoms with Crippen LogP contribution in [0.1, 0.15) is 5.89 Å². The zero-order valence-corrected chi connectivity index (χ0v) is 8.67. The van der Waals surface area contributed by atoms with Crippen LogP contribution in [0, 0.1) is 0 Å². The van der Waals surface area contributed by atoms with Crippen molar-refractivity contribution in [1.82, 2.24) is 10.2 Å². The molecule has 2 heterocycles. The van der Waals surface area contributed by atoms with E-state index in [2.05, 4.69) is 26.1 Å². The Kier molecular flexibility index (Phi) is 2.37. The molecule has 68 valence electrons. The van der Waals surface area contributed by atoms with Crippen LogP contribution in [0.3, 0.4) is 0 Å². The fraction of sp³-hybridized carbons (Fsp3) is 0.143. The van der Waals surface area contributed by atoms with Crippen LogP contribution >= 0.6 is 27.5 Å². The summed E-state index contributed by atoms with van der Waals surface area (Å²) in [5.41, 5.74) is 0. The summed E-state index contributed by atoms with van der Waals surface area (Å²) in [4.78, 5) is 0. The highest BCUT2D eigenvalue weighted by molar-refractivity contribution is 9.10. The van der Waals surface area contributed by atoms with Crippen LogP contribution in [-0.4, -0.2) is 10.2 Å². The summed E-state index contributed by atoms with van der Waals surface area (Å²) in [6.45, 7) is 0. The van der Waals surface area contributed by atoms with E-state index >= 15 is 0 Å². The standard InChI is InChI=1S/C7H4BrClN2O2/c8-5-2-1-4(12-5)7-11-10-6(3-9)13-7/h1-2H,3H2. The van der Waals surface area contributed by atoms with E-state index in [-0.39, 0.29) is 5.88 Å². The molecule has 0 aliphatic heterocycles. The van der Waals surface area contributed by atoms with E-state index in [1.165, 1.54) is 0 Å². The molecule has 2 rings (SSSR count). The van der Waals surface area contributed by atoms with Crippen LogP contribution in [0.25, 0.3) is 11.7 Å². The number of alkyl halides is 1. The maximum atomic E-state index is 5.50. The van der Waals surface area contributed by atoms with Gasteiger partial charge in [-0.1, -0.05) is 0 Å². The van der Waals surface area contributed by atoms with Gasteiger partial charge in [0.25, 0.3) is 5.89 Å². The highest BCUT2D eigenvalue weighted by Crippen LogP contribution is 2.23. The molecule has 6 heteroatoms. The number of nitrogens with zero attached hydrogens (tertiary/aromatic N) is 2. The molecule has 4 nitrogen and oxygen atoms in total. The second-order valence-electron chi connectivity index (χ2n) is 2.24. The first-order valence-electron chi connectivity index (χ1n) is 3.43. The molecule has 2 aromatic heterocycles. The molecule has 0 amide bonds. The lowest BCUT2D eigenvalue weighted by atomic mass is 10.5. The zero-order valence-electron chi connectivity index (χ0n) is 6.33. The number of halogens is 2. The molecule has 0 unspecified atom stereocenters. The Balaban J connectivity index is 2.35. The number of rotatable bonds is 2. The van der Waals surface area contributed by atoms with E-state index in [9.17, 15) is 0 Å². The monoisotopic (exact) mass is 262 g/mol. The van der Waals surface area contributed by atoms with Gasteiger partial charge in [-0.2, -0.15) is 0 Å². The third-order valence-corrected chi connectivity index (χ3v) is 2.02. The number of furan rings is 1. The van der Waals surface area contributed by atoms with Crippen molar-refractivity contribution in [3.63, 3.8) is 0 Å². The molecule has 0 radical (unpaired) electrons. The predicted molar refractivity (Wildman–Crippen MR) is 49.3 cm³/mol. The van der Waals surface area contributed by atoms with Crippen LogP contribution in [0.5, 0.6) is 0 Å². The van der Waals surface area contributed by atoms with E-state index in [1.54, 1.807) is 12.1 Å². The molecule has 0 bridgehead atoms. The number of hydrogen-bond acceptors (Lipinski definition) is 4. The fourth-order valence-corrected chi connectivity index (χ4v) is 1.25. The van der Waals surface area contributed by atoms with Crippen molar-refractivity contribution in [3.05, 3.63) is 22.7 Å². The Labute approximate surface area is 87.0 Å². The van der Waals surface area contributed by atoms with Gasteiger partial charge in [0.05, 0.1) is 0 Å². The van der Waals surface area contributed by atoms with Crippen molar-refractivity contribution in [2.45, 2.75) is 5.88 Å². The lowest BCUT2D eigenvalue weighted by molar-refractivity contribution is 0.485. The van der Waals surface area contributed by atoms with Crippen molar-refractivity contribution in [2.24, 2.45) is 0 Å². The molecule has 0 aliphatic carbocycles. The molecule has 0 atom stereocenters. The SMILES string of the molecule is ClCc1nnc(-c2ccc(Br)o2)o1. The second-order valence-corrected chi connectivity index (χ2v) is 3.29. The molecule has 0 fully saturated rings. The molecule has 13 heavy (non-hydrogen) atoms. The van der Waals surface area contributed by atoms with Gasteiger partial charge in [-0.15, -0.1) is 21.8 Å². The zero-order chi connectivity index (χ0) is 9.26. The van der Waals surface area contributed by atoms with E-state index < -0.39 is 0 Å². The summed E-state index contributed by atoms with van der Waals surface area (Å²) >= 11 is 8.67. The Morgan fingerprint density at radius 2 is 2.15 bits per heavy atom. The van der Waals surface area contributed by atoms with Crippen LogP contribution < -0.4 is 0 Å². The molecule has 0 N–H and O–H groups in total. The minimum absolute atomic E-state index is 0.203. The van der Waals surface area contributed by atoms with Crippen molar-refractivity contribution in [1.29, 1.82) is 0 Å². The minimum atomic E-state index is 0.203. The highest BCUT2D eigenvalue weighted by Gasteiger charge is 2.10. The van der Waals surface area contributed by atoms with Crippen LogP contribution in [0.15, 0.2) is 25.6 Å². The van der Waals surface area contributed by atoms with Crippen molar-refractivity contribution < 1.29 is 8.83 Å². The second kappa shape index (κ2) is 3.51. The Morgan fingerprint density at radius 3 is 2.69 bits per heavy atom. The molecular formula is C7H4BrClN2O2. The maximum absolute atomic E-state index is 5.50. The summed E-state index contributed by atoms with van der Waals surface area (Å²) < 4.78 is 11.0. The summed E-state index contributed by atoms with van der Waals surface area (Å²) in [6.07, 6.45) is 0. The maximum Gasteiger partial charge on any atom is 0.283 e. The number of aromatic nitrogens is 2. The van der Waals surface area contributed by atoms with Gasteiger partial charge in [-0.25, -0.2) is 0 Å². The van der Waals surface area contributed by atoms with Gasteiger partial charge in [0.15, 0.2) is 10.4 Å². The lowest BCUT2D eigenvalue weighted by Gasteiger charge is -1.85. The Hall–Kier alpha value is -0.810. The summed E-state index contributed by atoms with van der Waals surface area (Å²) in [5.74, 6) is 1.44. The lowest BCUT2D eigenvalue weighted by Crippen LogP contribution is -1.74. The van der Waals surface area contributed by atoms with E-state index in [0.717, 1.165) is 0 Å². The third kappa shape index (κ3) is 1.76. The van der Waals surface area contributed by atoms with Crippen molar-refractivity contribution in [2.75, 3.05) is 0 Å². The fourth-order valence-electron chi connectivity index (χ4n) is 0.836. The molecule has 0 aromatic carbocycles. The average Bonchev–Trinajstić information content (AvgIpc) is 2.71. The van der Waals surface area contributed by atoms with Gasteiger partial charge in [0.2, 0.25) is 5.89 Å². The van der Waals surface area contributed by atoms with Gasteiger partial charge in [-0.3, -0.25) is 0 Å². The third-order valence-electron chi connectivity index (χ3n) is 1.37. The molecule has 0 spiro atoms. The molecule has 0 saturated carbocycles. The molecule has 0 aliphatic rings. The van der Waals surface area contributed by atoms with Crippen LogP contribution in [0.2, 0.25) is 0 Å². The van der Waals surface area contributed by atoms with Crippen LogP contribution in [-0.2, 0) is 5.88 Å². The van der Waals surface area contributed by atoms with E-state index in [1.807, 2.05) is 0 Å². The Bertz CT molecular complexity index is 412. The highest BCUT2D eigenvalue weighted by atomic mass is 79.9. The smallest absolute Gasteiger partial charge is 0.283 e. The average molecular weight is 263 g/mol. The van der Waals surface area contributed by atoms with Gasteiger partial charge in [-0.05, 0) is 28.1 Å². The van der Waals surface area contributed by atoms with Gasteiger partial charge >= 0.3 is 0 Å².